The number of ether oxygens (including phenoxy) is 1. The maximum atomic E-state index is 6.40. The zero-order chi connectivity index (χ0) is 14.5. The third-order valence-corrected chi connectivity index (χ3v) is 4.54. The minimum atomic E-state index is 0.191. The monoisotopic (exact) mass is 296 g/mol. The molecule has 0 bridgehead atoms. The molecule has 2 rings (SSSR count). The number of nitrogens with zero attached hydrogens (tertiary/aromatic N) is 1. The topological polar surface area (TPSA) is 38.5 Å². The van der Waals surface area contributed by atoms with Crippen LogP contribution in [0.5, 0.6) is 0 Å². The van der Waals surface area contributed by atoms with Crippen molar-refractivity contribution in [2.75, 3.05) is 25.1 Å². The summed E-state index contributed by atoms with van der Waals surface area (Å²) >= 11 is 6.40. The molecule has 1 unspecified atom stereocenters. The molecule has 1 aliphatic rings. The van der Waals surface area contributed by atoms with Gasteiger partial charge in [0.2, 0.25) is 0 Å². The van der Waals surface area contributed by atoms with Gasteiger partial charge in [0.15, 0.2) is 0 Å². The van der Waals surface area contributed by atoms with Crippen molar-refractivity contribution in [3.8, 4) is 0 Å². The Hall–Kier alpha value is -0.770. The highest BCUT2D eigenvalue weighted by Gasteiger charge is 2.19. The Labute approximate surface area is 127 Å². The van der Waals surface area contributed by atoms with Crippen molar-refractivity contribution < 1.29 is 4.74 Å². The molecule has 1 aromatic rings. The lowest BCUT2D eigenvalue weighted by Crippen LogP contribution is -2.36. The van der Waals surface area contributed by atoms with E-state index in [1.165, 1.54) is 5.69 Å². The fraction of sp³-hybridized carbons (Fsp3) is 0.625. The Morgan fingerprint density at radius 3 is 2.65 bits per heavy atom. The summed E-state index contributed by atoms with van der Waals surface area (Å²) in [7, 11) is 1.79. The van der Waals surface area contributed by atoms with Gasteiger partial charge in [-0.1, -0.05) is 24.6 Å². The average molecular weight is 297 g/mol. The smallest absolute Gasteiger partial charge is 0.0605 e. The van der Waals surface area contributed by atoms with Crippen LogP contribution in [0.25, 0.3) is 0 Å². The number of hydrogen-bond donors (Lipinski definition) is 1. The highest BCUT2D eigenvalue weighted by atomic mass is 35.5. The molecule has 0 aliphatic carbocycles. The summed E-state index contributed by atoms with van der Waals surface area (Å²) in [6.07, 6.45) is 4.39. The van der Waals surface area contributed by atoms with E-state index in [-0.39, 0.29) is 6.04 Å². The van der Waals surface area contributed by atoms with Crippen molar-refractivity contribution >= 4 is 17.3 Å². The summed E-state index contributed by atoms with van der Waals surface area (Å²) in [6.45, 7) is 4.16. The fourth-order valence-corrected chi connectivity index (χ4v) is 2.93. The van der Waals surface area contributed by atoms with Crippen molar-refractivity contribution in [3.05, 3.63) is 28.8 Å². The van der Waals surface area contributed by atoms with Crippen LogP contribution < -0.4 is 10.6 Å². The van der Waals surface area contributed by atoms with Gasteiger partial charge >= 0.3 is 0 Å². The first-order chi connectivity index (χ1) is 9.63. The Kier molecular flexibility index (Phi) is 5.70. The van der Waals surface area contributed by atoms with E-state index in [0.717, 1.165) is 49.4 Å². The average Bonchev–Trinajstić information content (AvgIpc) is 2.49. The number of methoxy groups -OCH3 is 1. The Morgan fingerprint density at radius 1 is 1.40 bits per heavy atom. The second-order valence-corrected chi connectivity index (χ2v) is 5.98. The molecule has 0 amide bonds. The number of piperidine rings is 1. The van der Waals surface area contributed by atoms with Crippen molar-refractivity contribution in [1.29, 1.82) is 0 Å². The zero-order valence-electron chi connectivity index (χ0n) is 12.4. The zero-order valence-corrected chi connectivity index (χ0v) is 13.2. The van der Waals surface area contributed by atoms with Gasteiger partial charge in [-0.25, -0.2) is 0 Å². The fourth-order valence-electron chi connectivity index (χ4n) is 2.67. The van der Waals surface area contributed by atoms with Crippen LogP contribution in [0.3, 0.4) is 0 Å². The van der Waals surface area contributed by atoms with E-state index in [9.17, 15) is 0 Å². The maximum absolute atomic E-state index is 6.40. The van der Waals surface area contributed by atoms with Crippen LogP contribution in [0.2, 0.25) is 5.02 Å². The molecule has 4 heteroatoms. The summed E-state index contributed by atoms with van der Waals surface area (Å²) in [6, 6.07) is 6.55. The summed E-state index contributed by atoms with van der Waals surface area (Å²) in [4.78, 5) is 2.38. The standard InChI is InChI=1S/C16H25ClN2O/c1-3-13(18)10-12-4-5-14(11-16(12)17)19-8-6-15(20-2)7-9-19/h4-5,11,13,15H,3,6-10,18H2,1-2H3. The lowest BCUT2D eigenvalue weighted by molar-refractivity contribution is 0.0819. The molecule has 1 heterocycles. The molecular formula is C16H25ClN2O. The molecule has 1 aromatic carbocycles. The normalized spacial score (nSPS) is 18.3. The molecule has 1 saturated heterocycles. The molecule has 112 valence electrons. The third kappa shape index (κ3) is 3.87. The summed E-state index contributed by atoms with van der Waals surface area (Å²) < 4.78 is 5.41. The lowest BCUT2D eigenvalue weighted by atomic mass is 10.0. The van der Waals surface area contributed by atoms with Crippen LogP contribution in [-0.4, -0.2) is 32.3 Å². The number of hydrogen-bond acceptors (Lipinski definition) is 3. The van der Waals surface area contributed by atoms with Crippen LogP contribution in [0.4, 0.5) is 5.69 Å². The van der Waals surface area contributed by atoms with E-state index >= 15 is 0 Å². The lowest BCUT2D eigenvalue weighted by Gasteiger charge is -2.33. The van der Waals surface area contributed by atoms with Crippen LogP contribution in [0, 0.1) is 0 Å². The van der Waals surface area contributed by atoms with Crippen molar-refractivity contribution in [2.24, 2.45) is 5.73 Å². The molecule has 0 aromatic heterocycles. The van der Waals surface area contributed by atoms with Crippen molar-refractivity contribution in [2.45, 2.75) is 44.8 Å². The molecule has 0 spiro atoms. The van der Waals surface area contributed by atoms with Gasteiger partial charge in [-0.3, -0.25) is 0 Å². The molecule has 1 aliphatic heterocycles. The molecule has 3 nitrogen and oxygen atoms in total. The summed E-state index contributed by atoms with van der Waals surface area (Å²) in [5, 5.41) is 0.834. The van der Waals surface area contributed by atoms with E-state index in [0.29, 0.717) is 6.10 Å². The quantitative estimate of drug-likeness (QED) is 0.906. The van der Waals surface area contributed by atoms with Gasteiger partial charge in [-0.2, -0.15) is 0 Å². The van der Waals surface area contributed by atoms with E-state index in [1.54, 1.807) is 7.11 Å². The number of anilines is 1. The third-order valence-electron chi connectivity index (χ3n) is 4.18. The van der Waals surface area contributed by atoms with Crippen LogP contribution in [-0.2, 0) is 11.2 Å². The van der Waals surface area contributed by atoms with E-state index in [2.05, 4.69) is 30.0 Å². The summed E-state index contributed by atoms with van der Waals surface area (Å²) in [5.74, 6) is 0. The van der Waals surface area contributed by atoms with Gasteiger partial charge < -0.3 is 15.4 Å². The van der Waals surface area contributed by atoms with E-state index in [4.69, 9.17) is 22.1 Å². The highest BCUT2D eigenvalue weighted by Crippen LogP contribution is 2.27. The SMILES string of the molecule is CCC(N)Cc1ccc(N2CCC(OC)CC2)cc1Cl. The first-order valence-corrected chi connectivity index (χ1v) is 7.83. The molecular weight excluding hydrogens is 272 g/mol. The maximum Gasteiger partial charge on any atom is 0.0605 e. The van der Waals surface area contributed by atoms with Gasteiger partial charge in [-0.15, -0.1) is 0 Å². The molecule has 0 radical (unpaired) electrons. The molecule has 1 fully saturated rings. The van der Waals surface area contributed by atoms with Gasteiger partial charge in [0.05, 0.1) is 6.10 Å². The number of halogens is 1. The van der Waals surface area contributed by atoms with Crippen molar-refractivity contribution in [3.63, 3.8) is 0 Å². The van der Waals surface area contributed by atoms with Crippen LogP contribution >= 0.6 is 11.6 Å². The largest absolute Gasteiger partial charge is 0.381 e. The Morgan fingerprint density at radius 2 is 2.10 bits per heavy atom. The Balaban J connectivity index is 2.02. The van der Waals surface area contributed by atoms with Gasteiger partial charge in [-0.05, 0) is 43.4 Å². The number of rotatable bonds is 5. The van der Waals surface area contributed by atoms with E-state index < -0.39 is 0 Å². The van der Waals surface area contributed by atoms with Crippen LogP contribution in [0.1, 0.15) is 31.7 Å². The first-order valence-electron chi connectivity index (χ1n) is 7.45. The van der Waals surface area contributed by atoms with Gasteiger partial charge in [0.1, 0.15) is 0 Å². The minimum absolute atomic E-state index is 0.191. The molecule has 0 saturated carbocycles. The minimum Gasteiger partial charge on any atom is -0.381 e. The predicted molar refractivity (Wildman–Crippen MR) is 85.7 cm³/mol. The summed E-state index contributed by atoms with van der Waals surface area (Å²) in [5.41, 5.74) is 8.36. The first kappa shape index (κ1) is 15.6. The molecule has 2 N–H and O–H groups in total. The highest BCUT2D eigenvalue weighted by molar-refractivity contribution is 6.31. The number of nitrogens with two attached hydrogens (primary N) is 1. The van der Waals surface area contributed by atoms with Crippen LogP contribution in [0.15, 0.2) is 18.2 Å². The molecule has 20 heavy (non-hydrogen) atoms. The van der Waals surface area contributed by atoms with Gasteiger partial charge in [0, 0.05) is 37.0 Å². The van der Waals surface area contributed by atoms with Crippen molar-refractivity contribution in [1.82, 2.24) is 0 Å². The predicted octanol–water partition coefficient (Wildman–Crippen LogP) is 3.24. The number of benzene rings is 1. The molecule has 1 atom stereocenters. The second kappa shape index (κ2) is 7.30. The Bertz CT molecular complexity index is 430. The van der Waals surface area contributed by atoms with Gasteiger partial charge in [0.25, 0.3) is 0 Å². The second-order valence-electron chi connectivity index (χ2n) is 5.57. The van der Waals surface area contributed by atoms with E-state index in [1.807, 2.05) is 0 Å².